The molecular formula is C19H22O3. The largest absolute Gasteiger partial charge is 0.494 e. The summed E-state index contributed by atoms with van der Waals surface area (Å²) in [6.45, 7) is 6.76. The molecule has 0 aliphatic rings. The molecule has 22 heavy (non-hydrogen) atoms. The van der Waals surface area contributed by atoms with Gasteiger partial charge in [-0.2, -0.15) is 0 Å². The van der Waals surface area contributed by atoms with E-state index in [1.54, 1.807) is 24.3 Å². The van der Waals surface area contributed by atoms with Crippen LogP contribution in [0.3, 0.4) is 0 Å². The van der Waals surface area contributed by atoms with Gasteiger partial charge in [0.15, 0.2) is 0 Å². The molecule has 3 nitrogen and oxygen atoms in total. The fourth-order valence-electron chi connectivity index (χ4n) is 2.09. The van der Waals surface area contributed by atoms with Crippen molar-refractivity contribution < 1.29 is 14.3 Å². The number of carbonyl (C=O) groups excluding carboxylic acids is 1. The first kappa shape index (κ1) is 16.1. The Morgan fingerprint density at radius 3 is 2.41 bits per heavy atom. The van der Waals surface area contributed by atoms with Crippen LogP contribution < -0.4 is 9.47 Å². The summed E-state index contributed by atoms with van der Waals surface area (Å²) in [7, 11) is 0. The molecule has 116 valence electrons. The SMILES string of the molecule is CCCCOc1ccc(C(=O)Oc2ccc(C)cc2C)cc1. The van der Waals surface area contributed by atoms with Crippen LogP contribution in [0.5, 0.6) is 11.5 Å². The second-order valence-corrected chi connectivity index (χ2v) is 5.38. The average Bonchev–Trinajstić information content (AvgIpc) is 2.51. The van der Waals surface area contributed by atoms with Crippen molar-refractivity contribution in [2.45, 2.75) is 33.6 Å². The van der Waals surface area contributed by atoms with Crippen molar-refractivity contribution in [3.05, 3.63) is 59.2 Å². The maximum atomic E-state index is 12.2. The lowest BCUT2D eigenvalue weighted by molar-refractivity contribution is 0.0733. The van der Waals surface area contributed by atoms with Crippen LogP contribution in [0.2, 0.25) is 0 Å². The van der Waals surface area contributed by atoms with E-state index in [0.717, 1.165) is 29.7 Å². The first-order valence-corrected chi connectivity index (χ1v) is 7.62. The van der Waals surface area contributed by atoms with Crippen LogP contribution in [0.15, 0.2) is 42.5 Å². The Bertz CT molecular complexity index is 630. The Morgan fingerprint density at radius 1 is 1.05 bits per heavy atom. The number of hydrogen-bond donors (Lipinski definition) is 0. The highest BCUT2D eigenvalue weighted by Gasteiger charge is 2.10. The van der Waals surface area contributed by atoms with E-state index in [-0.39, 0.29) is 5.97 Å². The van der Waals surface area contributed by atoms with Gasteiger partial charge >= 0.3 is 5.97 Å². The van der Waals surface area contributed by atoms with Gasteiger partial charge in [-0.3, -0.25) is 0 Å². The van der Waals surface area contributed by atoms with E-state index in [1.807, 2.05) is 32.0 Å². The molecule has 0 saturated heterocycles. The molecule has 2 aromatic rings. The lowest BCUT2D eigenvalue weighted by Gasteiger charge is -2.09. The van der Waals surface area contributed by atoms with Crippen molar-refractivity contribution >= 4 is 5.97 Å². The van der Waals surface area contributed by atoms with Crippen molar-refractivity contribution in [2.24, 2.45) is 0 Å². The van der Waals surface area contributed by atoms with Gasteiger partial charge in [-0.1, -0.05) is 31.0 Å². The summed E-state index contributed by atoms with van der Waals surface area (Å²) in [5.74, 6) is 1.02. The first-order valence-electron chi connectivity index (χ1n) is 7.62. The van der Waals surface area contributed by atoms with Gasteiger partial charge in [-0.15, -0.1) is 0 Å². The monoisotopic (exact) mass is 298 g/mol. The third-order valence-electron chi connectivity index (χ3n) is 3.39. The van der Waals surface area contributed by atoms with E-state index in [4.69, 9.17) is 9.47 Å². The Hall–Kier alpha value is -2.29. The van der Waals surface area contributed by atoms with Gasteiger partial charge in [0.25, 0.3) is 0 Å². The van der Waals surface area contributed by atoms with Crippen LogP contribution in [0, 0.1) is 13.8 Å². The standard InChI is InChI=1S/C19H22O3/c1-4-5-12-21-17-9-7-16(8-10-17)19(20)22-18-11-6-14(2)13-15(18)3/h6-11,13H,4-5,12H2,1-3H3. The highest BCUT2D eigenvalue weighted by molar-refractivity contribution is 5.91. The van der Waals surface area contributed by atoms with Gasteiger partial charge in [0.2, 0.25) is 0 Å². The number of rotatable bonds is 6. The molecule has 2 aromatic carbocycles. The maximum Gasteiger partial charge on any atom is 0.343 e. The third-order valence-corrected chi connectivity index (χ3v) is 3.39. The lowest BCUT2D eigenvalue weighted by Crippen LogP contribution is -2.09. The first-order chi connectivity index (χ1) is 10.6. The molecule has 0 bridgehead atoms. The van der Waals surface area contributed by atoms with Crippen molar-refractivity contribution in [3.63, 3.8) is 0 Å². The Balaban J connectivity index is 2.00. The number of ether oxygens (including phenoxy) is 2. The number of esters is 1. The van der Waals surface area contributed by atoms with E-state index >= 15 is 0 Å². The number of carbonyl (C=O) groups is 1. The summed E-state index contributed by atoms with van der Waals surface area (Å²) >= 11 is 0. The molecule has 0 unspecified atom stereocenters. The zero-order chi connectivity index (χ0) is 15.9. The van der Waals surface area contributed by atoms with Gasteiger partial charge in [0, 0.05) is 0 Å². The van der Waals surface area contributed by atoms with Crippen LogP contribution in [0.1, 0.15) is 41.3 Å². The fourth-order valence-corrected chi connectivity index (χ4v) is 2.09. The fraction of sp³-hybridized carbons (Fsp3) is 0.316. The number of benzene rings is 2. The van der Waals surface area contributed by atoms with Crippen LogP contribution in [-0.2, 0) is 0 Å². The molecule has 0 amide bonds. The van der Waals surface area contributed by atoms with E-state index in [1.165, 1.54) is 0 Å². The summed E-state index contributed by atoms with van der Waals surface area (Å²) in [5, 5.41) is 0. The van der Waals surface area contributed by atoms with Crippen LogP contribution in [-0.4, -0.2) is 12.6 Å². The molecule has 0 fully saturated rings. The van der Waals surface area contributed by atoms with Gasteiger partial charge in [0.1, 0.15) is 11.5 Å². The van der Waals surface area contributed by atoms with Crippen LogP contribution >= 0.6 is 0 Å². The minimum absolute atomic E-state index is 0.355. The van der Waals surface area contributed by atoms with Gasteiger partial charge < -0.3 is 9.47 Å². The van der Waals surface area contributed by atoms with Crippen molar-refractivity contribution in [1.82, 2.24) is 0 Å². The van der Waals surface area contributed by atoms with Crippen molar-refractivity contribution in [3.8, 4) is 11.5 Å². The molecule has 0 aromatic heterocycles. The second-order valence-electron chi connectivity index (χ2n) is 5.38. The highest BCUT2D eigenvalue weighted by atomic mass is 16.5. The third kappa shape index (κ3) is 4.35. The summed E-state index contributed by atoms with van der Waals surface area (Å²) in [5.41, 5.74) is 2.61. The Morgan fingerprint density at radius 2 is 1.77 bits per heavy atom. The summed E-state index contributed by atoms with van der Waals surface area (Å²) in [4.78, 5) is 12.2. The minimum atomic E-state index is -0.355. The summed E-state index contributed by atoms with van der Waals surface area (Å²) in [6, 6.07) is 12.8. The van der Waals surface area contributed by atoms with Gasteiger partial charge in [-0.05, 0) is 56.2 Å². The molecule has 0 saturated carbocycles. The number of unbranched alkanes of at least 4 members (excludes halogenated alkanes) is 1. The average molecular weight is 298 g/mol. The van der Waals surface area contributed by atoms with Crippen LogP contribution in [0.25, 0.3) is 0 Å². The topological polar surface area (TPSA) is 35.5 Å². The molecule has 0 heterocycles. The molecule has 0 radical (unpaired) electrons. The Labute approximate surface area is 131 Å². The molecule has 0 spiro atoms. The molecule has 2 rings (SSSR count). The zero-order valence-corrected chi connectivity index (χ0v) is 13.4. The van der Waals surface area contributed by atoms with Crippen molar-refractivity contribution in [2.75, 3.05) is 6.61 Å². The molecule has 3 heteroatoms. The number of hydrogen-bond acceptors (Lipinski definition) is 3. The normalized spacial score (nSPS) is 10.3. The molecule has 0 aliphatic carbocycles. The predicted molar refractivity (Wildman–Crippen MR) is 87.7 cm³/mol. The molecule has 0 aliphatic heterocycles. The summed E-state index contributed by atoms with van der Waals surface area (Å²) in [6.07, 6.45) is 2.12. The molecule has 0 N–H and O–H groups in total. The van der Waals surface area contributed by atoms with E-state index < -0.39 is 0 Å². The Kier molecular flexibility index (Phi) is 5.59. The number of aryl methyl sites for hydroxylation is 2. The van der Waals surface area contributed by atoms with E-state index in [9.17, 15) is 4.79 Å². The second kappa shape index (κ2) is 7.64. The highest BCUT2D eigenvalue weighted by Crippen LogP contribution is 2.21. The van der Waals surface area contributed by atoms with Gasteiger partial charge in [0.05, 0.1) is 12.2 Å². The predicted octanol–water partition coefficient (Wildman–Crippen LogP) is 4.70. The summed E-state index contributed by atoms with van der Waals surface area (Å²) < 4.78 is 11.0. The van der Waals surface area contributed by atoms with Gasteiger partial charge in [-0.25, -0.2) is 4.79 Å². The van der Waals surface area contributed by atoms with Crippen molar-refractivity contribution in [1.29, 1.82) is 0 Å². The van der Waals surface area contributed by atoms with E-state index in [0.29, 0.717) is 17.9 Å². The molecule has 0 atom stereocenters. The van der Waals surface area contributed by atoms with E-state index in [2.05, 4.69) is 6.92 Å². The molecular weight excluding hydrogens is 276 g/mol. The van der Waals surface area contributed by atoms with Crippen LogP contribution in [0.4, 0.5) is 0 Å². The zero-order valence-electron chi connectivity index (χ0n) is 13.4. The quantitative estimate of drug-likeness (QED) is 0.440. The lowest BCUT2D eigenvalue weighted by atomic mass is 10.1. The maximum absolute atomic E-state index is 12.2. The smallest absolute Gasteiger partial charge is 0.343 e. The minimum Gasteiger partial charge on any atom is -0.494 e.